The number of piperazine rings is 1. The third-order valence-corrected chi connectivity index (χ3v) is 4.29. The topological polar surface area (TPSA) is 78.7 Å². The zero-order valence-electron chi connectivity index (χ0n) is 13.8. The number of hydrogen-bond donors (Lipinski definition) is 1. The Morgan fingerprint density at radius 3 is 2.67 bits per heavy atom. The Balaban J connectivity index is 1.68. The summed E-state index contributed by atoms with van der Waals surface area (Å²) in [6.07, 6.45) is 0.903. The Bertz CT molecular complexity index is 779. The second-order valence-electron chi connectivity index (χ2n) is 6.21. The van der Waals surface area contributed by atoms with E-state index in [1.54, 1.807) is 29.8 Å². The Hall–Kier alpha value is -2.25. The first-order valence-corrected chi connectivity index (χ1v) is 8.17. The fourth-order valence-electron chi connectivity index (χ4n) is 3.07. The fraction of sp³-hybridized carbons (Fsp3) is 0.471. The number of carbonyl (C=O) groups excluding carboxylic acids is 1. The Morgan fingerprint density at radius 1 is 1.25 bits per heavy atom. The molecule has 128 valence electrons. The minimum absolute atomic E-state index is 0.00648. The van der Waals surface area contributed by atoms with Crippen LogP contribution in [0.2, 0.25) is 0 Å². The number of aliphatic hydroxyl groups excluding tert-OH is 1. The molecular formula is C17H22N4O3. The van der Waals surface area contributed by atoms with Crippen molar-refractivity contribution in [1.82, 2.24) is 19.6 Å². The van der Waals surface area contributed by atoms with Crippen molar-refractivity contribution in [2.45, 2.75) is 19.6 Å². The number of β-amino-alcohol motifs (C(OH)–C–C–N with tert-alkyl or cyclic N) is 1. The summed E-state index contributed by atoms with van der Waals surface area (Å²) in [5.74, 6) is -0.00648. The van der Waals surface area contributed by atoms with E-state index in [0.29, 0.717) is 30.5 Å². The van der Waals surface area contributed by atoms with Gasteiger partial charge >= 0.3 is 0 Å². The van der Waals surface area contributed by atoms with Gasteiger partial charge in [-0.2, -0.15) is 5.10 Å². The molecule has 0 bridgehead atoms. The lowest BCUT2D eigenvalue weighted by Gasteiger charge is -2.35. The van der Waals surface area contributed by atoms with Crippen molar-refractivity contribution in [3.8, 4) is 0 Å². The van der Waals surface area contributed by atoms with E-state index in [0.717, 1.165) is 13.1 Å². The number of hydrogen-bond acceptors (Lipinski definition) is 5. The average Bonchev–Trinajstić information content (AvgIpc) is 2.58. The molecule has 0 radical (unpaired) electrons. The van der Waals surface area contributed by atoms with Gasteiger partial charge in [0, 0.05) is 38.1 Å². The maximum Gasteiger partial charge on any atom is 0.244 e. The SMILES string of the molecule is CC(O)CN1CCN(C(=O)Cn2ncc(=O)c3ccccc32)CC1. The van der Waals surface area contributed by atoms with Crippen molar-refractivity contribution in [3.63, 3.8) is 0 Å². The third-order valence-electron chi connectivity index (χ3n) is 4.29. The lowest BCUT2D eigenvalue weighted by molar-refractivity contribution is -0.133. The maximum atomic E-state index is 12.5. The molecule has 0 saturated carbocycles. The molecule has 1 amide bonds. The highest BCUT2D eigenvalue weighted by molar-refractivity contribution is 5.81. The number of para-hydroxylation sites is 1. The van der Waals surface area contributed by atoms with Crippen LogP contribution in [0.5, 0.6) is 0 Å². The average molecular weight is 330 g/mol. The number of amides is 1. The number of aliphatic hydroxyl groups is 1. The quantitative estimate of drug-likeness (QED) is 0.848. The smallest absolute Gasteiger partial charge is 0.244 e. The molecule has 0 aliphatic carbocycles. The molecule has 1 aliphatic heterocycles. The van der Waals surface area contributed by atoms with Crippen molar-refractivity contribution in [1.29, 1.82) is 0 Å². The van der Waals surface area contributed by atoms with Gasteiger partial charge in [-0.3, -0.25) is 19.2 Å². The zero-order valence-corrected chi connectivity index (χ0v) is 13.8. The van der Waals surface area contributed by atoms with Crippen LogP contribution in [0.3, 0.4) is 0 Å². The molecule has 7 nitrogen and oxygen atoms in total. The molecule has 1 saturated heterocycles. The minimum atomic E-state index is -0.357. The highest BCUT2D eigenvalue weighted by Crippen LogP contribution is 2.09. The summed E-state index contributed by atoms with van der Waals surface area (Å²) in [5, 5.41) is 14.1. The largest absolute Gasteiger partial charge is 0.392 e. The van der Waals surface area contributed by atoms with Gasteiger partial charge in [0.05, 0.1) is 17.8 Å². The van der Waals surface area contributed by atoms with Crippen LogP contribution in [-0.2, 0) is 11.3 Å². The van der Waals surface area contributed by atoms with Crippen LogP contribution in [0, 0.1) is 0 Å². The van der Waals surface area contributed by atoms with Gasteiger partial charge in [-0.15, -0.1) is 0 Å². The summed E-state index contributed by atoms with van der Waals surface area (Å²) in [7, 11) is 0. The molecule has 1 unspecified atom stereocenters. The van der Waals surface area contributed by atoms with Crippen molar-refractivity contribution in [3.05, 3.63) is 40.7 Å². The summed E-state index contributed by atoms with van der Waals surface area (Å²) in [6.45, 7) is 5.33. The molecule has 1 N–H and O–H groups in total. The van der Waals surface area contributed by atoms with Gasteiger partial charge < -0.3 is 10.0 Å². The molecule has 1 aromatic carbocycles. The predicted octanol–water partition coefficient (Wildman–Crippen LogP) is -0.0785. The molecule has 1 aromatic heterocycles. The number of rotatable bonds is 4. The molecule has 1 aliphatic rings. The number of nitrogens with zero attached hydrogens (tertiary/aromatic N) is 4. The van der Waals surface area contributed by atoms with Gasteiger partial charge in [0.25, 0.3) is 0 Å². The van der Waals surface area contributed by atoms with E-state index in [-0.39, 0.29) is 24.0 Å². The van der Waals surface area contributed by atoms with Gasteiger partial charge in [0.2, 0.25) is 11.3 Å². The minimum Gasteiger partial charge on any atom is -0.392 e. The van der Waals surface area contributed by atoms with Crippen molar-refractivity contribution < 1.29 is 9.90 Å². The standard InChI is InChI=1S/C17H22N4O3/c1-13(22)11-19-6-8-20(9-7-19)17(24)12-21-15-5-3-2-4-14(15)16(23)10-18-21/h2-5,10,13,22H,6-9,11-12H2,1H3. The van der Waals surface area contributed by atoms with E-state index in [1.807, 2.05) is 11.0 Å². The van der Waals surface area contributed by atoms with E-state index < -0.39 is 0 Å². The zero-order chi connectivity index (χ0) is 17.1. The molecule has 2 heterocycles. The van der Waals surface area contributed by atoms with Crippen molar-refractivity contribution >= 4 is 16.8 Å². The van der Waals surface area contributed by atoms with Crippen molar-refractivity contribution in [2.75, 3.05) is 32.7 Å². The van der Waals surface area contributed by atoms with E-state index in [4.69, 9.17) is 0 Å². The van der Waals surface area contributed by atoms with Gasteiger partial charge in [0.1, 0.15) is 6.54 Å². The summed E-state index contributed by atoms with van der Waals surface area (Å²) < 4.78 is 1.58. The Kier molecular flexibility index (Phi) is 4.92. The van der Waals surface area contributed by atoms with Crippen LogP contribution in [0.15, 0.2) is 35.3 Å². The first-order valence-electron chi connectivity index (χ1n) is 8.17. The van der Waals surface area contributed by atoms with E-state index in [9.17, 15) is 14.7 Å². The predicted molar refractivity (Wildman–Crippen MR) is 90.7 cm³/mol. The molecule has 2 aromatic rings. The molecule has 1 fully saturated rings. The van der Waals surface area contributed by atoms with Crippen LogP contribution in [0.25, 0.3) is 10.9 Å². The normalized spacial score (nSPS) is 17.2. The highest BCUT2D eigenvalue weighted by atomic mass is 16.3. The summed E-state index contributed by atoms with van der Waals surface area (Å²) >= 11 is 0. The molecule has 0 spiro atoms. The molecular weight excluding hydrogens is 308 g/mol. The first-order chi connectivity index (χ1) is 11.5. The number of benzene rings is 1. The molecule has 1 atom stereocenters. The van der Waals surface area contributed by atoms with E-state index >= 15 is 0 Å². The molecule has 7 heteroatoms. The van der Waals surface area contributed by atoms with Crippen molar-refractivity contribution in [2.24, 2.45) is 0 Å². The lowest BCUT2D eigenvalue weighted by Crippen LogP contribution is -2.51. The van der Waals surface area contributed by atoms with Gasteiger partial charge in [-0.1, -0.05) is 12.1 Å². The molecule has 3 rings (SSSR count). The first kappa shape index (κ1) is 16.6. The Labute approximate surface area is 140 Å². The number of aromatic nitrogens is 2. The third kappa shape index (κ3) is 3.63. The lowest BCUT2D eigenvalue weighted by atomic mass is 10.2. The van der Waals surface area contributed by atoms with Gasteiger partial charge in [-0.05, 0) is 19.1 Å². The summed E-state index contributed by atoms with van der Waals surface area (Å²) in [6, 6.07) is 7.18. The summed E-state index contributed by atoms with van der Waals surface area (Å²) in [5.41, 5.74) is 0.534. The van der Waals surface area contributed by atoms with E-state index in [2.05, 4.69) is 10.00 Å². The van der Waals surface area contributed by atoms with Crippen LogP contribution in [0.4, 0.5) is 0 Å². The van der Waals surface area contributed by atoms with Crippen LogP contribution in [0.1, 0.15) is 6.92 Å². The summed E-state index contributed by atoms with van der Waals surface area (Å²) in [4.78, 5) is 28.4. The van der Waals surface area contributed by atoms with Crippen LogP contribution in [-0.4, -0.2) is 69.4 Å². The van der Waals surface area contributed by atoms with Crippen LogP contribution >= 0.6 is 0 Å². The second kappa shape index (κ2) is 7.11. The highest BCUT2D eigenvalue weighted by Gasteiger charge is 2.22. The van der Waals surface area contributed by atoms with E-state index in [1.165, 1.54) is 6.20 Å². The van der Waals surface area contributed by atoms with Gasteiger partial charge in [-0.25, -0.2) is 0 Å². The number of carbonyl (C=O) groups is 1. The van der Waals surface area contributed by atoms with Gasteiger partial charge in [0.15, 0.2) is 0 Å². The monoisotopic (exact) mass is 330 g/mol. The van der Waals surface area contributed by atoms with Crippen LogP contribution < -0.4 is 5.43 Å². The fourth-order valence-corrected chi connectivity index (χ4v) is 3.07. The molecule has 24 heavy (non-hydrogen) atoms. The maximum absolute atomic E-state index is 12.5. The number of fused-ring (bicyclic) bond motifs is 1. The second-order valence-corrected chi connectivity index (χ2v) is 6.21. The Morgan fingerprint density at radius 2 is 1.96 bits per heavy atom.